The molecule has 1 heterocycles. The van der Waals surface area contributed by atoms with Gasteiger partial charge in [-0.15, -0.1) is 0 Å². The van der Waals surface area contributed by atoms with Crippen LogP contribution in [0.2, 0.25) is 15.2 Å². The fourth-order valence-corrected chi connectivity index (χ4v) is 1.91. The maximum absolute atomic E-state index is 6.00. The zero-order valence-corrected chi connectivity index (χ0v) is 11.0. The van der Waals surface area contributed by atoms with E-state index in [1.165, 1.54) is 0 Å². The van der Waals surface area contributed by atoms with E-state index >= 15 is 0 Å². The molecular weight excluding hydrogens is 279 g/mol. The highest BCUT2D eigenvalue weighted by Gasteiger charge is 2.07. The molecule has 0 amide bonds. The van der Waals surface area contributed by atoms with Crippen molar-refractivity contribution in [3.05, 3.63) is 57.2 Å². The number of aromatic nitrogens is 1. The van der Waals surface area contributed by atoms with Crippen LogP contribution in [0.1, 0.15) is 5.56 Å². The minimum atomic E-state index is 0.242. The summed E-state index contributed by atoms with van der Waals surface area (Å²) in [5.74, 6) is 0.532. The first kappa shape index (κ1) is 12.5. The van der Waals surface area contributed by atoms with Crippen molar-refractivity contribution < 1.29 is 0 Å². The minimum Gasteiger partial charge on any atom is -0.365 e. The second-order valence-electron chi connectivity index (χ2n) is 3.43. The molecule has 5 heteroatoms. The van der Waals surface area contributed by atoms with Gasteiger partial charge in [-0.2, -0.15) is 0 Å². The van der Waals surface area contributed by atoms with Gasteiger partial charge in [0, 0.05) is 6.54 Å². The number of rotatable bonds is 3. The molecule has 1 aromatic carbocycles. The summed E-state index contributed by atoms with van der Waals surface area (Å²) in [5, 5.41) is 4.16. The lowest BCUT2D eigenvalue weighted by molar-refractivity contribution is 1.11. The van der Waals surface area contributed by atoms with Gasteiger partial charge in [-0.1, -0.05) is 65.1 Å². The number of hydrogen-bond acceptors (Lipinski definition) is 2. The summed E-state index contributed by atoms with van der Waals surface area (Å²) in [7, 11) is 0. The molecule has 0 fully saturated rings. The second-order valence-corrected chi connectivity index (χ2v) is 4.60. The minimum absolute atomic E-state index is 0.242. The van der Waals surface area contributed by atoms with Crippen molar-refractivity contribution in [3.8, 4) is 0 Å². The lowest BCUT2D eigenvalue weighted by atomic mass is 10.2. The van der Waals surface area contributed by atoms with E-state index in [2.05, 4.69) is 10.3 Å². The first-order chi connectivity index (χ1) is 8.16. The van der Waals surface area contributed by atoms with Crippen LogP contribution >= 0.6 is 34.8 Å². The van der Waals surface area contributed by atoms with E-state index in [1.54, 1.807) is 6.07 Å². The molecule has 2 rings (SSSR count). The summed E-state index contributed by atoms with van der Waals surface area (Å²) in [4.78, 5) is 4.08. The quantitative estimate of drug-likeness (QED) is 0.831. The van der Waals surface area contributed by atoms with Gasteiger partial charge < -0.3 is 5.32 Å². The Morgan fingerprint density at radius 3 is 2.41 bits per heavy atom. The van der Waals surface area contributed by atoms with E-state index in [-0.39, 0.29) is 5.15 Å². The second kappa shape index (κ2) is 5.58. The molecule has 0 aliphatic heterocycles. The molecule has 0 spiro atoms. The van der Waals surface area contributed by atoms with E-state index in [0.29, 0.717) is 22.4 Å². The molecule has 0 radical (unpaired) electrons. The number of anilines is 1. The molecule has 1 aromatic heterocycles. The number of benzene rings is 1. The molecule has 17 heavy (non-hydrogen) atoms. The largest absolute Gasteiger partial charge is 0.365 e. The zero-order valence-electron chi connectivity index (χ0n) is 8.75. The first-order valence-electron chi connectivity index (χ1n) is 4.96. The summed E-state index contributed by atoms with van der Waals surface area (Å²) in [5.41, 5.74) is 1.14. The van der Waals surface area contributed by atoms with Gasteiger partial charge >= 0.3 is 0 Å². The summed E-state index contributed by atoms with van der Waals surface area (Å²) in [6.45, 7) is 0.630. The van der Waals surface area contributed by atoms with Crippen molar-refractivity contribution in [2.24, 2.45) is 0 Å². The molecule has 2 aromatic rings. The van der Waals surface area contributed by atoms with E-state index in [1.807, 2.05) is 30.3 Å². The van der Waals surface area contributed by atoms with Crippen LogP contribution in [-0.2, 0) is 6.54 Å². The zero-order chi connectivity index (χ0) is 12.3. The molecule has 0 atom stereocenters. The number of hydrogen-bond donors (Lipinski definition) is 1. The Bertz CT molecular complexity index is 515. The highest BCUT2D eigenvalue weighted by molar-refractivity contribution is 6.42. The highest BCUT2D eigenvalue weighted by atomic mass is 35.5. The summed E-state index contributed by atoms with van der Waals surface area (Å²) in [6, 6.07) is 11.5. The molecule has 0 aliphatic rings. The predicted octanol–water partition coefficient (Wildman–Crippen LogP) is 4.65. The summed E-state index contributed by atoms with van der Waals surface area (Å²) < 4.78 is 0. The first-order valence-corrected chi connectivity index (χ1v) is 6.09. The Labute approximate surface area is 115 Å². The van der Waals surface area contributed by atoms with Gasteiger partial charge in [-0.25, -0.2) is 4.98 Å². The third-order valence-electron chi connectivity index (χ3n) is 2.19. The molecular formula is C12H9Cl3N2. The molecule has 0 unspecified atom stereocenters. The van der Waals surface area contributed by atoms with Crippen LogP contribution in [0.4, 0.5) is 5.82 Å². The van der Waals surface area contributed by atoms with Crippen LogP contribution in [0.3, 0.4) is 0 Å². The third-order valence-corrected chi connectivity index (χ3v) is 3.15. The van der Waals surface area contributed by atoms with Gasteiger partial charge in [-0.05, 0) is 11.6 Å². The normalized spacial score (nSPS) is 10.3. The van der Waals surface area contributed by atoms with Crippen LogP contribution < -0.4 is 5.32 Å². The Morgan fingerprint density at radius 2 is 1.71 bits per heavy atom. The SMILES string of the molecule is Clc1cc(Cl)c(NCc2ccccc2)nc1Cl. The Kier molecular flexibility index (Phi) is 4.11. The molecule has 0 bridgehead atoms. The number of pyridine rings is 1. The van der Waals surface area contributed by atoms with Crippen LogP contribution in [0.25, 0.3) is 0 Å². The lowest BCUT2D eigenvalue weighted by Crippen LogP contribution is -2.02. The number of nitrogens with zero attached hydrogens (tertiary/aromatic N) is 1. The predicted molar refractivity (Wildman–Crippen MR) is 73.0 cm³/mol. The van der Waals surface area contributed by atoms with Crippen LogP contribution in [0, 0.1) is 0 Å². The average Bonchev–Trinajstić information content (AvgIpc) is 2.33. The van der Waals surface area contributed by atoms with Gasteiger partial charge in [0.1, 0.15) is 11.0 Å². The smallest absolute Gasteiger partial charge is 0.150 e. The van der Waals surface area contributed by atoms with Crippen molar-refractivity contribution in [1.29, 1.82) is 0 Å². The van der Waals surface area contributed by atoms with Gasteiger partial charge in [0.15, 0.2) is 0 Å². The highest BCUT2D eigenvalue weighted by Crippen LogP contribution is 2.28. The summed E-state index contributed by atoms with van der Waals surface area (Å²) >= 11 is 17.6. The molecule has 0 aliphatic carbocycles. The average molecular weight is 288 g/mol. The Morgan fingerprint density at radius 1 is 1.00 bits per heavy atom. The van der Waals surface area contributed by atoms with Crippen LogP contribution in [0.5, 0.6) is 0 Å². The number of nitrogens with one attached hydrogen (secondary N) is 1. The van der Waals surface area contributed by atoms with Crippen molar-refractivity contribution in [2.75, 3.05) is 5.32 Å². The van der Waals surface area contributed by atoms with E-state index in [0.717, 1.165) is 5.56 Å². The van der Waals surface area contributed by atoms with Gasteiger partial charge in [-0.3, -0.25) is 0 Å². The monoisotopic (exact) mass is 286 g/mol. The van der Waals surface area contributed by atoms with Gasteiger partial charge in [0.25, 0.3) is 0 Å². The van der Waals surface area contributed by atoms with Crippen molar-refractivity contribution >= 4 is 40.6 Å². The molecule has 2 nitrogen and oxygen atoms in total. The van der Waals surface area contributed by atoms with Crippen LogP contribution in [-0.4, -0.2) is 4.98 Å². The maximum atomic E-state index is 6.00. The fraction of sp³-hybridized carbons (Fsp3) is 0.0833. The third kappa shape index (κ3) is 3.25. The fourth-order valence-electron chi connectivity index (χ4n) is 1.35. The Balaban J connectivity index is 2.12. The lowest BCUT2D eigenvalue weighted by Gasteiger charge is -2.08. The summed E-state index contributed by atoms with van der Waals surface area (Å²) in [6.07, 6.45) is 0. The van der Waals surface area contributed by atoms with Gasteiger partial charge in [0.05, 0.1) is 10.0 Å². The number of halogens is 3. The van der Waals surface area contributed by atoms with Crippen molar-refractivity contribution in [2.45, 2.75) is 6.54 Å². The van der Waals surface area contributed by atoms with Crippen LogP contribution in [0.15, 0.2) is 36.4 Å². The van der Waals surface area contributed by atoms with E-state index in [4.69, 9.17) is 34.8 Å². The van der Waals surface area contributed by atoms with Gasteiger partial charge in [0.2, 0.25) is 0 Å². The molecule has 88 valence electrons. The van der Waals surface area contributed by atoms with E-state index in [9.17, 15) is 0 Å². The topological polar surface area (TPSA) is 24.9 Å². The molecule has 0 saturated heterocycles. The van der Waals surface area contributed by atoms with Crippen molar-refractivity contribution in [1.82, 2.24) is 4.98 Å². The molecule has 0 saturated carbocycles. The molecule has 1 N–H and O–H groups in total. The van der Waals surface area contributed by atoms with Crippen molar-refractivity contribution in [3.63, 3.8) is 0 Å². The Hall–Kier alpha value is -0.960. The standard InChI is InChI=1S/C12H9Cl3N2/c13-9-6-10(14)12(17-11(9)15)16-7-8-4-2-1-3-5-8/h1-6H,7H2,(H,16,17). The maximum Gasteiger partial charge on any atom is 0.150 e. The van der Waals surface area contributed by atoms with E-state index < -0.39 is 0 Å².